The standard InChI is InChI=1S/C13H21N3O2/c1-13(2,3)11-10-6-5-9(12(17)18-4)7-8-16(10)15-14-11/h9H,5-8H2,1-4H3/t9-/m0/s1. The number of fused-ring (bicyclic) bond motifs is 1. The number of hydrogen-bond acceptors (Lipinski definition) is 4. The van der Waals surface area contributed by atoms with Crippen molar-refractivity contribution >= 4 is 5.97 Å². The van der Waals surface area contributed by atoms with Crippen LogP contribution in [0.25, 0.3) is 0 Å². The minimum absolute atomic E-state index is 0.00130. The fourth-order valence-electron chi connectivity index (χ4n) is 2.48. The zero-order valence-electron chi connectivity index (χ0n) is 11.6. The predicted molar refractivity (Wildman–Crippen MR) is 67.2 cm³/mol. The Morgan fingerprint density at radius 1 is 1.39 bits per heavy atom. The Bertz CT molecular complexity index is 446. The molecule has 100 valence electrons. The molecule has 0 spiro atoms. The highest BCUT2D eigenvalue weighted by Gasteiger charge is 2.29. The molecule has 0 unspecified atom stereocenters. The zero-order chi connectivity index (χ0) is 13.3. The molecule has 1 aromatic rings. The van der Waals surface area contributed by atoms with Gasteiger partial charge in [0.1, 0.15) is 0 Å². The molecule has 1 atom stereocenters. The molecule has 5 heteroatoms. The van der Waals surface area contributed by atoms with E-state index in [0.29, 0.717) is 0 Å². The first-order valence-electron chi connectivity index (χ1n) is 6.44. The lowest BCUT2D eigenvalue weighted by Gasteiger charge is -2.17. The van der Waals surface area contributed by atoms with Crippen LogP contribution in [0.5, 0.6) is 0 Å². The van der Waals surface area contributed by atoms with Gasteiger partial charge in [-0.1, -0.05) is 26.0 Å². The maximum Gasteiger partial charge on any atom is 0.308 e. The van der Waals surface area contributed by atoms with Crippen LogP contribution in [-0.2, 0) is 27.9 Å². The minimum atomic E-state index is -0.106. The first kappa shape index (κ1) is 13.1. The maximum absolute atomic E-state index is 11.6. The van der Waals surface area contributed by atoms with E-state index < -0.39 is 0 Å². The molecule has 0 bridgehead atoms. The van der Waals surface area contributed by atoms with Crippen LogP contribution in [0.1, 0.15) is 45.0 Å². The summed E-state index contributed by atoms with van der Waals surface area (Å²) in [6.45, 7) is 7.17. The van der Waals surface area contributed by atoms with Crippen LogP contribution in [0.15, 0.2) is 0 Å². The van der Waals surface area contributed by atoms with Crippen molar-refractivity contribution in [3.05, 3.63) is 11.4 Å². The molecule has 18 heavy (non-hydrogen) atoms. The van der Waals surface area contributed by atoms with E-state index in [2.05, 4.69) is 31.1 Å². The van der Waals surface area contributed by atoms with Crippen molar-refractivity contribution in [2.75, 3.05) is 7.11 Å². The Hall–Kier alpha value is -1.39. The van der Waals surface area contributed by atoms with E-state index in [0.717, 1.165) is 31.5 Å². The van der Waals surface area contributed by atoms with Crippen molar-refractivity contribution in [3.8, 4) is 0 Å². The fraction of sp³-hybridized carbons (Fsp3) is 0.769. The number of hydrogen-bond donors (Lipinski definition) is 0. The summed E-state index contributed by atoms with van der Waals surface area (Å²) in [6.07, 6.45) is 2.45. The van der Waals surface area contributed by atoms with Gasteiger partial charge in [0.05, 0.1) is 24.4 Å². The van der Waals surface area contributed by atoms with Crippen molar-refractivity contribution in [1.29, 1.82) is 0 Å². The molecule has 0 aliphatic carbocycles. The predicted octanol–water partition coefficient (Wildman–Crippen LogP) is 1.70. The summed E-state index contributed by atoms with van der Waals surface area (Å²) in [5.41, 5.74) is 2.22. The average Bonchev–Trinajstić information content (AvgIpc) is 2.61. The van der Waals surface area contributed by atoms with Gasteiger partial charge in [0.15, 0.2) is 0 Å². The number of esters is 1. The van der Waals surface area contributed by atoms with E-state index in [1.54, 1.807) is 0 Å². The molecule has 0 aromatic carbocycles. The van der Waals surface area contributed by atoms with Gasteiger partial charge in [-0.2, -0.15) is 0 Å². The highest BCUT2D eigenvalue weighted by molar-refractivity contribution is 5.72. The fourth-order valence-corrected chi connectivity index (χ4v) is 2.48. The van der Waals surface area contributed by atoms with Crippen LogP contribution in [0.3, 0.4) is 0 Å². The minimum Gasteiger partial charge on any atom is -0.469 e. The van der Waals surface area contributed by atoms with Crippen LogP contribution in [0.4, 0.5) is 0 Å². The molecule has 2 heterocycles. The smallest absolute Gasteiger partial charge is 0.308 e. The van der Waals surface area contributed by atoms with Crippen LogP contribution in [0, 0.1) is 5.92 Å². The van der Waals surface area contributed by atoms with Crippen LogP contribution < -0.4 is 0 Å². The lowest BCUT2D eigenvalue weighted by molar-refractivity contribution is -0.145. The number of methoxy groups -OCH3 is 1. The molecule has 0 saturated carbocycles. The van der Waals surface area contributed by atoms with Gasteiger partial charge in [-0.15, -0.1) is 5.10 Å². The van der Waals surface area contributed by atoms with Gasteiger partial charge in [-0.3, -0.25) is 4.79 Å². The first-order chi connectivity index (χ1) is 8.43. The summed E-state index contributed by atoms with van der Waals surface area (Å²) in [5, 5.41) is 8.51. The topological polar surface area (TPSA) is 57.0 Å². The van der Waals surface area contributed by atoms with Gasteiger partial charge < -0.3 is 4.74 Å². The maximum atomic E-state index is 11.6. The summed E-state index contributed by atoms with van der Waals surface area (Å²) >= 11 is 0. The number of aryl methyl sites for hydroxylation is 1. The number of ether oxygens (including phenoxy) is 1. The van der Waals surface area contributed by atoms with Gasteiger partial charge >= 0.3 is 5.97 Å². The number of aromatic nitrogens is 3. The van der Waals surface area contributed by atoms with Gasteiger partial charge in [0.2, 0.25) is 0 Å². The van der Waals surface area contributed by atoms with Crippen LogP contribution in [0.2, 0.25) is 0 Å². The highest BCUT2D eigenvalue weighted by atomic mass is 16.5. The average molecular weight is 251 g/mol. The largest absolute Gasteiger partial charge is 0.469 e. The van der Waals surface area contributed by atoms with Crippen molar-refractivity contribution in [1.82, 2.24) is 15.0 Å². The van der Waals surface area contributed by atoms with Crippen molar-refractivity contribution in [3.63, 3.8) is 0 Å². The lowest BCUT2D eigenvalue weighted by atomic mass is 9.89. The molecule has 1 aliphatic rings. The third-order valence-electron chi connectivity index (χ3n) is 3.50. The number of nitrogens with zero attached hydrogens (tertiary/aromatic N) is 3. The van der Waals surface area contributed by atoms with E-state index in [4.69, 9.17) is 4.74 Å². The first-order valence-corrected chi connectivity index (χ1v) is 6.44. The van der Waals surface area contributed by atoms with Crippen molar-refractivity contribution < 1.29 is 9.53 Å². The number of carbonyl (C=O) groups excluding carboxylic acids is 1. The molecule has 5 nitrogen and oxygen atoms in total. The Labute approximate surface area is 108 Å². The normalized spacial score (nSPS) is 20.1. The second-order valence-electron chi connectivity index (χ2n) is 5.91. The van der Waals surface area contributed by atoms with Gasteiger partial charge in [-0.05, 0) is 19.3 Å². The van der Waals surface area contributed by atoms with Crippen molar-refractivity contribution in [2.45, 2.75) is 52.0 Å². The van der Waals surface area contributed by atoms with Gasteiger partial charge in [0, 0.05) is 12.0 Å². The summed E-state index contributed by atoms with van der Waals surface area (Å²) in [5.74, 6) is -0.115. The Kier molecular flexibility index (Phi) is 3.41. The van der Waals surface area contributed by atoms with Crippen molar-refractivity contribution in [2.24, 2.45) is 5.92 Å². The summed E-state index contributed by atoms with van der Waals surface area (Å²) in [7, 11) is 1.45. The Balaban J connectivity index is 2.21. The SMILES string of the molecule is COC(=O)[C@H]1CCc2c(C(C)(C)C)nnn2CC1. The third-order valence-corrected chi connectivity index (χ3v) is 3.50. The number of rotatable bonds is 1. The molecular weight excluding hydrogens is 230 g/mol. The molecule has 0 radical (unpaired) electrons. The van der Waals surface area contributed by atoms with E-state index in [1.807, 2.05) is 4.68 Å². The monoisotopic (exact) mass is 251 g/mol. The zero-order valence-corrected chi connectivity index (χ0v) is 11.6. The van der Waals surface area contributed by atoms with Gasteiger partial charge in [0.25, 0.3) is 0 Å². The molecule has 0 fully saturated rings. The van der Waals surface area contributed by atoms with Gasteiger partial charge in [-0.25, -0.2) is 4.68 Å². The molecule has 0 N–H and O–H groups in total. The quantitative estimate of drug-likeness (QED) is 0.713. The second kappa shape index (κ2) is 4.71. The lowest BCUT2D eigenvalue weighted by Crippen LogP contribution is -2.17. The summed E-state index contributed by atoms with van der Waals surface area (Å²) in [4.78, 5) is 11.6. The van der Waals surface area contributed by atoms with E-state index >= 15 is 0 Å². The van der Waals surface area contributed by atoms with Crippen LogP contribution >= 0.6 is 0 Å². The molecular formula is C13H21N3O2. The number of carbonyl (C=O) groups is 1. The Morgan fingerprint density at radius 3 is 2.72 bits per heavy atom. The summed E-state index contributed by atoms with van der Waals surface area (Å²) < 4.78 is 6.78. The van der Waals surface area contributed by atoms with E-state index in [9.17, 15) is 4.79 Å². The van der Waals surface area contributed by atoms with E-state index in [-0.39, 0.29) is 17.3 Å². The molecule has 2 rings (SSSR count). The highest BCUT2D eigenvalue weighted by Crippen LogP contribution is 2.28. The Morgan fingerprint density at radius 2 is 2.11 bits per heavy atom. The molecule has 1 aromatic heterocycles. The molecule has 0 amide bonds. The second-order valence-corrected chi connectivity index (χ2v) is 5.91. The van der Waals surface area contributed by atoms with E-state index in [1.165, 1.54) is 12.8 Å². The molecule has 1 aliphatic heterocycles. The summed E-state index contributed by atoms with van der Waals surface area (Å²) in [6, 6.07) is 0. The van der Waals surface area contributed by atoms with Crippen LogP contribution in [-0.4, -0.2) is 28.1 Å². The molecule has 0 saturated heterocycles. The third kappa shape index (κ3) is 2.40.